The van der Waals surface area contributed by atoms with E-state index in [9.17, 15) is 0 Å². The van der Waals surface area contributed by atoms with Crippen molar-refractivity contribution in [3.63, 3.8) is 0 Å². The van der Waals surface area contributed by atoms with Crippen LogP contribution in [0.3, 0.4) is 0 Å². The highest BCUT2D eigenvalue weighted by molar-refractivity contribution is 5.82. The maximum absolute atomic E-state index is 4.63. The topological polar surface area (TPSA) is 25.8 Å². The molecule has 0 aliphatic heterocycles. The lowest BCUT2D eigenvalue weighted by atomic mass is 9.89. The van der Waals surface area contributed by atoms with E-state index in [1.54, 1.807) is 12.4 Å². The number of benzene rings is 1. The minimum atomic E-state index is 0.550. The summed E-state index contributed by atoms with van der Waals surface area (Å²) in [4.78, 5) is 9.26. The van der Waals surface area contributed by atoms with Crippen molar-refractivity contribution in [1.82, 2.24) is 9.97 Å². The molecule has 3 rings (SSSR count). The summed E-state index contributed by atoms with van der Waals surface area (Å²) >= 11 is 0. The van der Waals surface area contributed by atoms with Crippen molar-refractivity contribution in [1.29, 1.82) is 0 Å². The van der Waals surface area contributed by atoms with Crippen molar-refractivity contribution >= 4 is 5.57 Å². The first-order valence-electron chi connectivity index (χ1n) is 7.82. The van der Waals surface area contributed by atoms with Crippen LogP contribution in [0.5, 0.6) is 0 Å². The second-order valence-electron chi connectivity index (χ2n) is 6.42. The smallest absolute Gasteiger partial charge is 0.0965 e. The molecule has 0 saturated carbocycles. The predicted molar refractivity (Wildman–Crippen MR) is 92.5 cm³/mol. The molecule has 2 nitrogen and oxygen atoms in total. The predicted octanol–water partition coefficient (Wildman–Crippen LogP) is 5.13. The van der Waals surface area contributed by atoms with Gasteiger partial charge in [-0.3, -0.25) is 9.97 Å². The quantitative estimate of drug-likeness (QED) is 0.766. The monoisotopic (exact) mass is 290 g/mol. The van der Waals surface area contributed by atoms with Gasteiger partial charge in [-0.2, -0.15) is 0 Å². The Bertz CT molecular complexity index is 749. The molecule has 0 amide bonds. The van der Waals surface area contributed by atoms with Crippen LogP contribution >= 0.6 is 0 Å². The lowest BCUT2D eigenvalue weighted by Crippen LogP contribution is -2.03. The lowest BCUT2D eigenvalue weighted by molar-refractivity contribution is 0.710. The normalized spacial score (nSPS) is 17.9. The first-order valence-corrected chi connectivity index (χ1v) is 7.82. The van der Waals surface area contributed by atoms with E-state index in [2.05, 4.69) is 68.0 Å². The van der Waals surface area contributed by atoms with Crippen molar-refractivity contribution in [2.75, 3.05) is 0 Å². The zero-order valence-corrected chi connectivity index (χ0v) is 13.7. The van der Waals surface area contributed by atoms with Gasteiger partial charge in [-0.25, -0.2) is 0 Å². The summed E-state index contributed by atoms with van der Waals surface area (Å²) in [5.74, 6) is 0.550. The van der Waals surface area contributed by atoms with E-state index >= 15 is 0 Å². The second-order valence-corrected chi connectivity index (χ2v) is 6.42. The fourth-order valence-corrected chi connectivity index (χ4v) is 3.27. The molecule has 0 spiro atoms. The summed E-state index contributed by atoms with van der Waals surface area (Å²) in [6, 6.07) is 6.55. The molecule has 1 aliphatic rings. The highest BCUT2D eigenvalue weighted by Gasteiger charge is 2.16. The van der Waals surface area contributed by atoms with Gasteiger partial charge in [0.25, 0.3) is 0 Å². The van der Waals surface area contributed by atoms with Gasteiger partial charge in [0.1, 0.15) is 0 Å². The zero-order valence-electron chi connectivity index (χ0n) is 13.7. The minimum Gasteiger partial charge on any atom is -0.252 e. The standard InChI is InChI=1S/C20H22N2/c1-13-7-14(2)10-17(9-13)19-20(22-6-5-21-19)18-11-15(3)8-16(4)12-18/h5-7,9-12,15H,8H2,1-4H3. The fourth-order valence-electron chi connectivity index (χ4n) is 3.27. The first-order chi connectivity index (χ1) is 10.5. The largest absolute Gasteiger partial charge is 0.252 e. The molecule has 1 heterocycles. The number of allylic oxidation sites excluding steroid dienone is 4. The molecule has 2 heteroatoms. The van der Waals surface area contributed by atoms with Crippen LogP contribution in [-0.2, 0) is 0 Å². The van der Waals surface area contributed by atoms with Gasteiger partial charge in [-0.1, -0.05) is 41.8 Å². The summed E-state index contributed by atoms with van der Waals surface area (Å²) in [5.41, 5.74) is 8.21. The van der Waals surface area contributed by atoms with Gasteiger partial charge in [0.2, 0.25) is 0 Å². The Morgan fingerprint density at radius 2 is 1.55 bits per heavy atom. The van der Waals surface area contributed by atoms with Crippen LogP contribution in [0.4, 0.5) is 0 Å². The van der Waals surface area contributed by atoms with Crippen LogP contribution < -0.4 is 0 Å². The molecule has 1 atom stereocenters. The lowest BCUT2D eigenvalue weighted by Gasteiger charge is -2.18. The highest BCUT2D eigenvalue weighted by atomic mass is 14.8. The highest BCUT2D eigenvalue weighted by Crippen LogP contribution is 2.32. The number of nitrogens with zero attached hydrogens (tertiary/aromatic N) is 2. The molecule has 2 aromatic rings. The van der Waals surface area contributed by atoms with Gasteiger partial charge in [0.05, 0.1) is 11.4 Å². The third-order valence-corrected chi connectivity index (χ3v) is 3.98. The van der Waals surface area contributed by atoms with Crippen LogP contribution in [-0.4, -0.2) is 9.97 Å². The van der Waals surface area contributed by atoms with Gasteiger partial charge in [-0.15, -0.1) is 0 Å². The van der Waals surface area contributed by atoms with E-state index in [0.717, 1.165) is 23.4 Å². The summed E-state index contributed by atoms with van der Waals surface area (Å²) in [7, 11) is 0. The molecule has 22 heavy (non-hydrogen) atoms. The van der Waals surface area contributed by atoms with E-state index in [4.69, 9.17) is 0 Å². The van der Waals surface area contributed by atoms with Crippen molar-refractivity contribution < 1.29 is 0 Å². The van der Waals surface area contributed by atoms with Gasteiger partial charge >= 0.3 is 0 Å². The second kappa shape index (κ2) is 5.88. The maximum atomic E-state index is 4.63. The van der Waals surface area contributed by atoms with E-state index < -0.39 is 0 Å². The Morgan fingerprint density at radius 1 is 0.909 bits per heavy atom. The maximum Gasteiger partial charge on any atom is 0.0965 e. The SMILES string of the molecule is CC1=CC(c2nccnc2-c2cc(C)cc(C)c2)=CC(C)C1. The molecule has 1 unspecified atom stereocenters. The average molecular weight is 290 g/mol. The van der Waals surface area contributed by atoms with E-state index in [1.165, 1.54) is 22.3 Å². The molecule has 0 radical (unpaired) electrons. The summed E-state index contributed by atoms with van der Waals surface area (Å²) in [6.45, 7) is 8.69. The van der Waals surface area contributed by atoms with Gasteiger partial charge in [-0.05, 0) is 50.8 Å². The number of aryl methyl sites for hydroxylation is 2. The zero-order chi connectivity index (χ0) is 15.7. The van der Waals surface area contributed by atoms with Crippen molar-refractivity contribution in [3.8, 4) is 11.3 Å². The molecule has 0 saturated heterocycles. The summed E-state index contributed by atoms with van der Waals surface area (Å²) in [5, 5.41) is 0. The van der Waals surface area contributed by atoms with Gasteiger partial charge in [0.15, 0.2) is 0 Å². The Balaban J connectivity index is 2.15. The van der Waals surface area contributed by atoms with Crippen molar-refractivity contribution in [3.05, 3.63) is 65.1 Å². The Morgan fingerprint density at radius 3 is 2.18 bits per heavy atom. The Hall–Kier alpha value is -2.22. The molecule has 0 bridgehead atoms. The number of aromatic nitrogens is 2. The van der Waals surface area contributed by atoms with Crippen molar-refractivity contribution in [2.45, 2.75) is 34.1 Å². The molecule has 0 N–H and O–H groups in total. The molecule has 0 fully saturated rings. The van der Waals surface area contributed by atoms with Crippen LogP contribution in [0.15, 0.2) is 48.3 Å². The summed E-state index contributed by atoms with van der Waals surface area (Å²) < 4.78 is 0. The Labute approximate surface area is 132 Å². The number of hydrogen-bond acceptors (Lipinski definition) is 2. The van der Waals surface area contributed by atoms with Crippen molar-refractivity contribution in [2.24, 2.45) is 5.92 Å². The van der Waals surface area contributed by atoms with Gasteiger partial charge in [0, 0.05) is 18.0 Å². The van der Waals surface area contributed by atoms with Gasteiger partial charge < -0.3 is 0 Å². The number of hydrogen-bond donors (Lipinski definition) is 0. The molecular formula is C20H22N2. The minimum absolute atomic E-state index is 0.550. The fraction of sp³-hybridized carbons (Fsp3) is 0.300. The molecule has 1 aromatic heterocycles. The molecule has 112 valence electrons. The third-order valence-electron chi connectivity index (χ3n) is 3.98. The first kappa shape index (κ1) is 14.7. The van der Waals surface area contributed by atoms with E-state index in [-0.39, 0.29) is 0 Å². The van der Waals surface area contributed by atoms with Crippen LogP contribution in [0, 0.1) is 19.8 Å². The van der Waals surface area contributed by atoms with Crippen LogP contribution in [0.2, 0.25) is 0 Å². The van der Waals surface area contributed by atoms with E-state index in [1.807, 2.05) is 0 Å². The molecule has 1 aromatic carbocycles. The van der Waals surface area contributed by atoms with Crippen LogP contribution in [0.1, 0.15) is 37.1 Å². The third kappa shape index (κ3) is 3.01. The van der Waals surface area contributed by atoms with E-state index in [0.29, 0.717) is 5.92 Å². The molecule has 1 aliphatic carbocycles. The average Bonchev–Trinajstić information content (AvgIpc) is 2.45. The number of rotatable bonds is 2. The molecular weight excluding hydrogens is 268 g/mol. The Kier molecular flexibility index (Phi) is 3.93. The van der Waals surface area contributed by atoms with Crippen LogP contribution in [0.25, 0.3) is 16.8 Å². The summed E-state index contributed by atoms with van der Waals surface area (Å²) in [6.07, 6.45) is 9.24.